The SMILES string of the molecule is CC(C)[C@@H](C(=O)OC(C)(C)C)N(C)C(=O)[C@H]1CCCN1C(=O)OCc1ccccc1. The summed E-state index contributed by atoms with van der Waals surface area (Å²) >= 11 is 0. The average molecular weight is 419 g/mol. The summed E-state index contributed by atoms with van der Waals surface area (Å²) in [6, 6.07) is 8.04. The predicted molar refractivity (Wildman–Crippen MR) is 114 cm³/mol. The van der Waals surface area contributed by atoms with Gasteiger partial charge in [-0.05, 0) is 45.1 Å². The lowest BCUT2D eigenvalue weighted by Crippen LogP contribution is -2.54. The zero-order valence-electron chi connectivity index (χ0n) is 18.9. The fraction of sp³-hybridized carbons (Fsp3) is 0.609. The van der Waals surface area contributed by atoms with E-state index in [2.05, 4.69) is 0 Å². The summed E-state index contributed by atoms with van der Waals surface area (Å²) in [5.74, 6) is -0.841. The summed E-state index contributed by atoms with van der Waals surface area (Å²) in [4.78, 5) is 41.4. The van der Waals surface area contributed by atoms with E-state index < -0.39 is 29.7 Å². The van der Waals surface area contributed by atoms with Crippen LogP contribution in [-0.2, 0) is 25.7 Å². The molecule has 1 aromatic carbocycles. The van der Waals surface area contributed by atoms with Crippen molar-refractivity contribution in [3.05, 3.63) is 35.9 Å². The third-order valence-electron chi connectivity index (χ3n) is 5.02. The molecule has 0 N–H and O–H groups in total. The van der Waals surface area contributed by atoms with Crippen LogP contribution in [0.4, 0.5) is 4.79 Å². The van der Waals surface area contributed by atoms with Crippen molar-refractivity contribution in [1.29, 1.82) is 0 Å². The monoisotopic (exact) mass is 418 g/mol. The van der Waals surface area contributed by atoms with Crippen molar-refractivity contribution in [2.24, 2.45) is 5.92 Å². The maximum atomic E-state index is 13.2. The Morgan fingerprint density at radius 2 is 1.80 bits per heavy atom. The van der Waals surface area contributed by atoms with Gasteiger partial charge in [0.25, 0.3) is 0 Å². The van der Waals surface area contributed by atoms with Crippen LogP contribution in [0.25, 0.3) is 0 Å². The normalized spacial score (nSPS) is 17.6. The van der Waals surface area contributed by atoms with Gasteiger partial charge < -0.3 is 14.4 Å². The zero-order chi connectivity index (χ0) is 22.5. The van der Waals surface area contributed by atoms with Gasteiger partial charge in [0.05, 0.1) is 0 Å². The second kappa shape index (κ2) is 9.96. The number of ether oxygens (including phenoxy) is 2. The van der Waals surface area contributed by atoms with Crippen molar-refractivity contribution in [3.8, 4) is 0 Å². The lowest BCUT2D eigenvalue weighted by Gasteiger charge is -2.35. The molecule has 30 heavy (non-hydrogen) atoms. The van der Waals surface area contributed by atoms with Crippen molar-refractivity contribution in [2.45, 2.75) is 71.8 Å². The molecule has 166 valence electrons. The van der Waals surface area contributed by atoms with Crippen LogP contribution < -0.4 is 0 Å². The van der Waals surface area contributed by atoms with Gasteiger partial charge in [-0.15, -0.1) is 0 Å². The first-order valence-electron chi connectivity index (χ1n) is 10.5. The van der Waals surface area contributed by atoms with Crippen molar-refractivity contribution >= 4 is 18.0 Å². The first-order valence-corrected chi connectivity index (χ1v) is 10.5. The molecule has 0 saturated carbocycles. The van der Waals surface area contributed by atoms with Crippen molar-refractivity contribution in [1.82, 2.24) is 9.80 Å². The fourth-order valence-electron chi connectivity index (χ4n) is 3.66. The van der Waals surface area contributed by atoms with Gasteiger partial charge in [-0.3, -0.25) is 9.69 Å². The summed E-state index contributed by atoms with van der Waals surface area (Å²) in [6.45, 7) is 9.75. The average Bonchev–Trinajstić information content (AvgIpc) is 3.14. The molecule has 1 aliphatic rings. The van der Waals surface area contributed by atoms with E-state index in [0.717, 1.165) is 5.56 Å². The van der Waals surface area contributed by atoms with Crippen LogP contribution in [0.1, 0.15) is 53.0 Å². The number of likely N-dealkylation sites (N-methyl/N-ethyl adjacent to an activating group) is 1. The van der Waals surface area contributed by atoms with Crippen molar-refractivity contribution < 1.29 is 23.9 Å². The number of rotatable bonds is 6. The number of esters is 1. The Hall–Kier alpha value is -2.57. The Balaban J connectivity index is 2.06. The molecular formula is C23H34N2O5. The first kappa shape index (κ1) is 23.7. The molecule has 0 unspecified atom stereocenters. The van der Waals surface area contributed by atoms with Gasteiger partial charge in [-0.1, -0.05) is 44.2 Å². The molecule has 7 heteroatoms. The van der Waals surface area contributed by atoms with Crippen LogP contribution in [0.15, 0.2) is 30.3 Å². The van der Waals surface area contributed by atoms with E-state index in [1.54, 1.807) is 27.8 Å². The maximum absolute atomic E-state index is 13.2. The van der Waals surface area contributed by atoms with E-state index >= 15 is 0 Å². The number of likely N-dealkylation sites (tertiary alicyclic amines) is 1. The number of carbonyl (C=O) groups is 3. The Morgan fingerprint density at radius 1 is 1.17 bits per heavy atom. The van der Waals surface area contributed by atoms with Crippen LogP contribution in [-0.4, -0.2) is 59.0 Å². The molecule has 7 nitrogen and oxygen atoms in total. The highest BCUT2D eigenvalue weighted by Gasteiger charge is 2.41. The summed E-state index contributed by atoms with van der Waals surface area (Å²) in [5, 5.41) is 0. The topological polar surface area (TPSA) is 76.2 Å². The smallest absolute Gasteiger partial charge is 0.410 e. The molecule has 2 rings (SSSR count). The fourth-order valence-corrected chi connectivity index (χ4v) is 3.66. The number of amides is 2. The van der Waals surface area contributed by atoms with E-state index in [1.807, 2.05) is 44.2 Å². The van der Waals surface area contributed by atoms with Crippen LogP contribution in [0.2, 0.25) is 0 Å². The summed E-state index contributed by atoms with van der Waals surface area (Å²) < 4.78 is 10.9. The highest BCUT2D eigenvalue weighted by Crippen LogP contribution is 2.24. The third kappa shape index (κ3) is 6.21. The Morgan fingerprint density at radius 3 is 2.37 bits per heavy atom. The highest BCUT2D eigenvalue weighted by molar-refractivity contribution is 5.90. The minimum absolute atomic E-state index is 0.131. The lowest BCUT2D eigenvalue weighted by molar-refractivity contribution is -0.166. The summed E-state index contributed by atoms with van der Waals surface area (Å²) in [5.41, 5.74) is 0.240. The molecule has 0 spiro atoms. The maximum Gasteiger partial charge on any atom is 0.410 e. The Labute approximate surface area is 179 Å². The van der Waals surface area contributed by atoms with E-state index in [0.29, 0.717) is 19.4 Å². The number of benzene rings is 1. The lowest BCUT2D eigenvalue weighted by atomic mass is 10.0. The van der Waals surface area contributed by atoms with Gasteiger partial charge in [-0.25, -0.2) is 9.59 Å². The summed E-state index contributed by atoms with van der Waals surface area (Å²) in [6.07, 6.45) is 0.744. The zero-order valence-corrected chi connectivity index (χ0v) is 18.9. The minimum atomic E-state index is -0.723. The molecule has 2 atom stereocenters. The van der Waals surface area contributed by atoms with Crippen LogP contribution in [0, 0.1) is 5.92 Å². The number of nitrogens with zero attached hydrogens (tertiary/aromatic N) is 2. The predicted octanol–water partition coefficient (Wildman–Crippen LogP) is 3.61. The molecule has 1 fully saturated rings. The second-order valence-corrected chi connectivity index (χ2v) is 9.06. The Kier molecular flexibility index (Phi) is 7.87. The standard InChI is InChI=1S/C23H34N2O5/c1-16(2)19(21(27)30-23(3,4)5)24(6)20(26)18-13-10-14-25(18)22(28)29-15-17-11-8-7-9-12-17/h7-9,11-12,16,18-19H,10,13-15H2,1-6H3/t18-,19+/m1/s1. The Bertz CT molecular complexity index is 742. The second-order valence-electron chi connectivity index (χ2n) is 9.06. The van der Waals surface area contributed by atoms with Crippen LogP contribution in [0.5, 0.6) is 0 Å². The minimum Gasteiger partial charge on any atom is -0.458 e. The number of carbonyl (C=O) groups excluding carboxylic acids is 3. The van der Waals surface area contributed by atoms with Gasteiger partial charge >= 0.3 is 12.1 Å². The van der Waals surface area contributed by atoms with Gasteiger partial charge in [-0.2, -0.15) is 0 Å². The largest absolute Gasteiger partial charge is 0.458 e. The third-order valence-corrected chi connectivity index (χ3v) is 5.02. The molecule has 1 saturated heterocycles. The molecule has 0 bridgehead atoms. The van der Waals surface area contributed by atoms with Gasteiger partial charge in [0.1, 0.15) is 24.3 Å². The number of hydrogen-bond acceptors (Lipinski definition) is 5. The molecule has 0 aliphatic carbocycles. The van der Waals surface area contributed by atoms with Gasteiger partial charge in [0.15, 0.2) is 0 Å². The van der Waals surface area contributed by atoms with Crippen LogP contribution >= 0.6 is 0 Å². The quantitative estimate of drug-likeness (QED) is 0.660. The van der Waals surface area contributed by atoms with E-state index in [-0.39, 0.29) is 18.4 Å². The van der Waals surface area contributed by atoms with Crippen molar-refractivity contribution in [2.75, 3.05) is 13.6 Å². The molecule has 1 aromatic rings. The molecular weight excluding hydrogens is 384 g/mol. The first-order chi connectivity index (χ1) is 14.0. The van der Waals surface area contributed by atoms with Crippen LogP contribution in [0.3, 0.4) is 0 Å². The molecule has 0 aromatic heterocycles. The van der Waals surface area contributed by atoms with E-state index in [4.69, 9.17) is 9.47 Å². The molecule has 1 aliphatic heterocycles. The van der Waals surface area contributed by atoms with E-state index in [9.17, 15) is 14.4 Å². The molecule has 1 heterocycles. The van der Waals surface area contributed by atoms with Crippen molar-refractivity contribution in [3.63, 3.8) is 0 Å². The van der Waals surface area contributed by atoms with Gasteiger partial charge in [0, 0.05) is 13.6 Å². The summed E-state index contributed by atoms with van der Waals surface area (Å²) in [7, 11) is 1.60. The van der Waals surface area contributed by atoms with E-state index in [1.165, 1.54) is 9.80 Å². The number of hydrogen-bond donors (Lipinski definition) is 0. The molecule has 2 amide bonds. The van der Waals surface area contributed by atoms with Gasteiger partial charge in [0.2, 0.25) is 5.91 Å². The highest BCUT2D eigenvalue weighted by atomic mass is 16.6. The molecule has 0 radical (unpaired) electrons.